The molecule has 60 heavy (non-hydrogen) atoms. The van der Waals surface area contributed by atoms with Crippen molar-refractivity contribution < 1.29 is 64.3 Å². The monoisotopic (exact) mass is 860 g/mol. The minimum absolute atomic E-state index is 0.0143. The van der Waals surface area contributed by atoms with Gasteiger partial charge in [0, 0.05) is 28.8 Å². The third-order valence-corrected chi connectivity index (χ3v) is 14.3. The average molecular weight is 861 g/mol. The highest BCUT2D eigenvalue weighted by molar-refractivity contribution is 7.98. The van der Waals surface area contributed by atoms with Gasteiger partial charge in [-0.05, 0) is 79.0 Å². The van der Waals surface area contributed by atoms with Crippen molar-refractivity contribution in [2.24, 2.45) is 5.92 Å². The summed E-state index contributed by atoms with van der Waals surface area (Å²) in [5.41, 5.74) is -10.7. The maximum absolute atomic E-state index is 17.0. The number of carbonyl (C=O) groups excluding carboxylic acids is 4. The molecule has 15 heteroatoms. The van der Waals surface area contributed by atoms with Crippen LogP contribution in [0.1, 0.15) is 115 Å². The number of ketones is 2. The number of rotatable bonds is 13. The Morgan fingerprint density at radius 3 is 1.30 bits per heavy atom. The number of aryl methyl sites for hydroxylation is 4. The van der Waals surface area contributed by atoms with Crippen LogP contribution >= 0.6 is 7.14 Å². The molecule has 4 aromatic rings. The number of alkyl halides is 6. The topological polar surface area (TPSA) is 113 Å². The number of hydrogen-bond acceptors (Lipinski definition) is 8. The zero-order valence-electron chi connectivity index (χ0n) is 35.3. The van der Waals surface area contributed by atoms with E-state index in [2.05, 4.69) is 0 Å². The molecule has 4 aromatic carbocycles. The molecule has 0 fully saturated rings. The molecule has 0 saturated heterocycles. The highest BCUT2D eigenvalue weighted by Gasteiger charge is 2.70. The minimum Gasteiger partial charge on any atom is -0.496 e. The van der Waals surface area contributed by atoms with Crippen molar-refractivity contribution in [2.45, 2.75) is 85.2 Å². The molecule has 0 aliphatic rings. The van der Waals surface area contributed by atoms with Crippen molar-refractivity contribution >= 4 is 29.8 Å². The molecule has 8 nitrogen and oxygen atoms in total. The van der Waals surface area contributed by atoms with Crippen molar-refractivity contribution in [3.63, 3.8) is 0 Å². The quantitative estimate of drug-likeness (QED) is 0.0565. The highest BCUT2D eigenvalue weighted by Crippen LogP contribution is 2.69. The highest BCUT2D eigenvalue weighted by atomic mass is 31.2. The van der Waals surface area contributed by atoms with E-state index >= 15 is 50.1 Å². The summed E-state index contributed by atoms with van der Waals surface area (Å²) < 4.78 is 124. The van der Waals surface area contributed by atoms with Gasteiger partial charge >= 0.3 is 12.4 Å². The summed E-state index contributed by atoms with van der Waals surface area (Å²) in [6.07, 6.45) is -11.4. The number of benzene rings is 4. The Labute approximate surface area is 345 Å². The van der Waals surface area contributed by atoms with Crippen LogP contribution in [0.5, 0.6) is 17.2 Å². The second-order valence-corrected chi connectivity index (χ2v) is 18.7. The summed E-state index contributed by atoms with van der Waals surface area (Å²) in [5.74, 6) is -7.03. The zero-order valence-corrected chi connectivity index (χ0v) is 36.2. The fourth-order valence-corrected chi connectivity index (χ4v) is 11.5. The van der Waals surface area contributed by atoms with Gasteiger partial charge in [-0.15, -0.1) is 0 Å². The Morgan fingerprint density at radius 2 is 0.950 bits per heavy atom. The molecule has 0 heterocycles. The largest absolute Gasteiger partial charge is 0.496 e. The van der Waals surface area contributed by atoms with Gasteiger partial charge in [0.1, 0.15) is 22.8 Å². The third-order valence-electron chi connectivity index (χ3n) is 10.7. The van der Waals surface area contributed by atoms with Gasteiger partial charge in [0.05, 0.1) is 32.5 Å². The summed E-state index contributed by atoms with van der Waals surface area (Å²) in [6.45, 7) is 13.4. The molecule has 2 unspecified atom stereocenters. The van der Waals surface area contributed by atoms with Gasteiger partial charge < -0.3 is 18.8 Å². The molecule has 0 N–H and O–H groups in total. The molecule has 4 rings (SSSR count). The number of Topliss-reactive ketones (excluding diaryl/α,β-unsaturated/α-hetero) is 2. The van der Waals surface area contributed by atoms with Crippen molar-refractivity contribution in [1.82, 2.24) is 0 Å². The first-order chi connectivity index (χ1) is 27.6. The standard InChI is InChI=1S/C45H47F6O8P/c1-23(2)43(39(53)37-32(58-11)21-29(57-10)22-33(37)59-12,38(52)36-30(44(46,47)48)17-14-18-31(36)45(49,50)51)60(56,40(54)34-24(3)15-13-16-25(34)4)41(55)35-26(5)19-28(20-27(35)6)42(7,8)9/h13-23H,1-12H3. The van der Waals surface area contributed by atoms with Crippen LogP contribution in [0.3, 0.4) is 0 Å². The van der Waals surface area contributed by atoms with Gasteiger partial charge in [-0.2, -0.15) is 26.3 Å². The van der Waals surface area contributed by atoms with Crippen LogP contribution in [0.15, 0.2) is 60.7 Å². The van der Waals surface area contributed by atoms with E-state index in [9.17, 15) is 0 Å². The van der Waals surface area contributed by atoms with Crippen LogP contribution in [-0.4, -0.2) is 49.1 Å². The third kappa shape index (κ3) is 7.90. The normalized spacial score (nSPS) is 14.2. The van der Waals surface area contributed by atoms with Crippen molar-refractivity contribution in [1.29, 1.82) is 0 Å². The molecule has 0 radical (unpaired) electrons. The predicted octanol–water partition coefficient (Wildman–Crippen LogP) is 11.8. The Kier molecular flexibility index (Phi) is 13.2. The number of ether oxygens (including phenoxy) is 3. The number of methoxy groups -OCH3 is 3. The molecule has 2 atom stereocenters. The lowest BCUT2D eigenvalue weighted by molar-refractivity contribution is -0.143. The maximum atomic E-state index is 17.0. The van der Waals surface area contributed by atoms with E-state index in [1.54, 1.807) is 12.1 Å². The lowest BCUT2D eigenvalue weighted by atomic mass is 9.78. The van der Waals surface area contributed by atoms with Crippen LogP contribution in [-0.2, 0) is 22.3 Å². The van der Waals surface area contributed by atoms with Crippen LogP contribution in [0.4, 0.5) is 26.3 Å². The van der Waals surface area contributed by atoms with Gasteiger partial charge in [-0.1, -0.05) is 71.0 Å². The van der Waals surface area contributed by atoms with E-state index in [1.807, 2.05) is 20.8 Å². The van der Waals surface area contributed by atoms with Crippen molar-refractivity contribution in [2.75, 3.05) is 21.3 Å². The summed E-state index contributed by atoms with van der Waals surface area (Å²) in [5, 5.41) is -3.85. The fourth-order valence-electron chi connectivity index (χ4n) is 7.77. The molecule has 0 amide bonds. The summed E-state index contributed by atoms with van der Waals surface area (Å²) >= 11 is 0. The van der Waals surface area contributed by atoms with E-state index in [0.29, 0.717) is 11.6 Å². The molecule has 0 aliphatic heterocycles. The van der Waals surface area contributed by atoms with E-state index in [1.165, 1.54) is 53.0 Å². The Bertz CT molecular complexity index is 2340. The smallest absolute Gasteiger partial charge is 0.417 e. The lowest BCUT2D eigenvalue weighted by Crippen LogP contribution is -2.54. The first kappa shape index (κ1) is 47.4. The van der Waals surface area contributed by atoms with Gasteiger partial charge in [0.2, 0.25) is 18.2 Å². The van der Waals surface area contributed by atoms with Crippen LogP contribution < -0.4 is 14.2 Å². The van der Waals surface area contributed by atoms with Crippen LogP contribution in [0, 0.1) is 33.6 Å². The summed E-state index contributed by atoms with van der Waals surface area (Å²) in [6, 6.07) is 10.5. The first-order valence-electron chi connectivity index (χ1n) is 18.6. The number of halogens is 6. The van der Waals surface area contributed by atoms with Crippen molar-refractivity contribution in [3.8, 4) is 17.2 Å². The van der Waals surface area contributed by atoms with E-state index in [0.717, 1.165) is 40.2 Å². The molecule has 0 aromatic heterocycles. The fraction of sp³-hybridized carbons (Fsp3) is 0.378. The lowest BCUT2D eigenvalue weighted by Gasteiger charge is -2.41. The molecule has 0 aliphatic carbocycles. The van der Waals surface area contributed by atoms with Gasteiger partial charge in [0.25, 0.3) is 0 Å². The molecular formula is C45H47F6O8P. The number of carbonyl (C=O) groups is 4. The first-order valence-corrected chi connectivity index (χ1v) is 20.3. The molecule has 0 saturated carbocycles. The van der Waals surface area contributed by atoms with E-state index < -0.39 is 103 Å². The number of hydrogen-bond donors (Lipinski definition) is 0. The second kappa shape index (κ2) is 16.7. The maximum Gasteiger partial charge on any atom is 0.417 e. The molecule has 0 spiro atoms. The predicted molar refractivity (Wildman–Crippen MR) is 216 cm³/mol. The second-order valence-electron chi connectivity index (χ2n) is 15.9. The molecule has 322 valence electrons. The molecule has 0 bridgehead atoms. The Balaban J connectivity index is 2.47. The average Bonchev–Trinajstić information content (AvgIpc) is 3.15. The van der Waals surface area contributed by atoms with Crippen LogP contribution in [0.2, 0.25) is 0 Å². The Morgan fingerprint density at radius 1 is 0.567 bits per heavy atom. The Hall–Kier alpha value is -5.23. The van der Waals surface area contributed by atoms with Crippen LogP contribution in [0.25, 0.3) is 0 Å². The summed E-state index contributed by atoms with van der Waals surface area (Å²) in [4.78, 5) is 63.2. The summed E-state index contributed by atoms with van der Waals surface area (Å²) in [7, 11) is -2.98. The zero-order chi connectivity index (χ0) is 45.7. The van der Waals surface area contributed by atoms with E-state index in [-0.39, 0.29) is 40.1 Å². The van der Waals surface area contributed by atoms with Gasteiger partial charge in [0.15, 0.2) is 16.7 Å². The SMILES string of the molecule is COc1cc(OC)c(C(=O)C(C(=O)c2c(C(F)(F)F)cccc2C(F)(F)F)(C(C)C)P(=O)(C(=O)c2c(C)cccc2C)C(=O)c2c(C)cc(C(C)(C)C)cc2C)c(OC)c1. The minimum atomic E-state index is -6.33. The van der Waals surface area contributed by atoms with Gasteiger partial charge in [-0.25, -0.2) is 0 Å². The molecular weight excluding hydrogens is 813 g/mol. The van der Waals surface area contributed by atoms with Gasteiger partial charge in [-0.3, -0.25) is 19.2 Å². The van der Waals surface area contributed by atoms with E-state index in [4.69, 9.17) is 14.2 Å². The van der Waals surface area contributed by atoms with Crippen molar-refractivity contribution in [3.05, 3.63) is 122 Å².